The number of carbonyl (C=O) groups excluding carboxylic acids is 1. The number of rotatable bonds is 6. The monoisotopic (exact) mass is 577 g/mol. The molecule has 0 spiro atoms. The van der Waals surface area contributed by atoms with Crippen LogP contribution in [0.3, 0.4) is 0 Å². The third-order valence-electron chi connectivity index (χ3n) is 6.06. The summed E-state index contributed by atoms with van der Waals surface area (Å²) < 4.78 is 122. The van der Waals surface area contributed by atoms with Crippen molar-refractivity contribution in [3.63, 3.8) is 0 Å². The van der Waals surface area contributed by atoms with Gasteiger partial charge in [0.2, 0.25) is 21.8 Å². The van der Waals surface area contributed by atoms with Crippen LogP contribution in [0.2, 0.25) is 0 Å². The second-order valence-corrected chi connectivity index (χ2v) is 10.4. The second-order valence-electron chi connectivity index (χ2n) is 8.56. The SMILES string of the molecule is C[C@H]1[C@H](F)C[C@@H](C(=O)NCc2c(F)cnc(-c3cnc(C(F)(F)F)nc3)c2F)N1S(=O)(=O)c1ccc(F)cc1. The number of nitrogens with one attached hydrogen (secondary N) is 1. The molecule has 39 heavy (non-hydrogen) atoms. The van der Waals surface area contributed by atoms with Crippen LogP contribution < -0.4 is 5.32 Å². The van der Waals surface area contributed by atoms with Crippen LogP contribution in [-0.4, -0.2) is 51.8 Å². The number of hydrogen-bond acceptors (Lipinski definition) is 6. The number of carbonyl (C=O) groups is 1. The quantitative estimate of drug-likeness (QED) is 0.448. The Morgan fingerprint density at radius 2 is 1.67 bits per heavy atom. The van der Waals surface area contributed by atoms with Crippen molar-refractivity contribution in [2.75, 3.05) is 0 Å². The first-order valence-corrected chi connectivity index (χ1v) is 12.6. The molecule has 1 aliphatic rings. The third-order valence-corrected chi connectivity index (χ3v) is 8.07. The Kier molecular flexibility index (Phi) is 7.62. The number of pyridine rings is 1. The molecular formula is C23H18F7N5O3S. The van der Waals surface area contributed by atoms with Crippen LogP contribution in [-0.2, 0) is 27.5 Å². The average molecular weight is 577 g/mol. The van der Waals surface area contributed by atoms with Crippen molar-refractivity contribution >= 4 is 15.9 Å². The van der Waals surface area contributed by atoms with Gasteiger partial charge in [0.15, 0.2) is 5.82 Å². The Hall–Kier alpha value is -3.66. The van der Waals surface area contributed by atoms with Gasteiger partial charge in [0.1, 0.15) is 29.5 Å². The Morgan fingerprint density at radius 3 is 2.26 bits per heavy atom. The first kappa shape index (κ1) is 28.4. The summed E-state index contributed by atoms with van der Waals surface area (Å²) in [6.45, 7) is 0.402. The standard InChI is InChI=1S/C23H18F7N5O3S/c1-11-16(25)6-18(35(11)39(37,38)14-4-2-13(24)3-5-14)21(36)32-9-15-17(26)10-31-20(19(15)27)12-7-33-22(34-8-12)23(28,29)30/h2-5,7-8,10-11,16,18H,6,9H2,1H3,(H,32,36)/t11-,16+,18-/m0/s1. The molecule has 16 heteroatoms. The van der Waals surface area contributed by atoms with Crippen LogP contribution in [0, 0.1) is 17.5 Å². The van der Waals surface area contributed by atoms with Gasteiger partial charge in [-0.1, -0.05) is 0 Å². The predicted molar refractivity (Wildman–Crippen MR) is 120 cm³/mol. The largest absolute Gasteiger partial charge is 0.451 e. The minimum absolute atomic E-state index is 0.311. The fraction of sp³-hybridized carbons (Fsp3) is 0.304. The Bertz CT molecular complexity index is 1490. The molecule has 3 aromatic rings. The van der Waals surface area contributed by atoms with E-state index in [2.05, 4.69) is 20.3 Å². The van der Waals surface area contributed by atoms with Crippen LogP contribution >= 0.6 is 0 Å². The van der Waals surface area contributed by atoms with Gasteiger partial charge in [-0.05, 0) is 31.2 Å². The summed E-state index contributed by atoms with van der Waals surface area (Å²) in [4.78, 5) is 22.3. The van der Waals surface area contributed by atoms with Gasteiger partial charge in [-0.25, -0.2) is 40.9 Å². The highest BCUT2D eigenvalue weighted by molar-refractivity contribution is 7.89. The first-order valence-electron chi connectivity index (χ1n) is 11.1. The Balaban J connectivity index is 1.57. The normalized spacial score (nSPS) is 20.3. The van der Waals surface area contributed by atoms with E-state index in [1.54, 1.807) is 0 Å². The lowest BCUT2D eigenvalue weighted by atomic mass is 10.1. The maximum atomic E-state index is 15.1. The second kappa shape index (κ2) is 10.5. The first-order chi connectivity index (χ1) is 18.2. The van der Waals surface area contributed by atoms with Crippen molar-refractivity contribution in [1.29, 1.82) is 0 Å². The van der Waals surface area contributed by atoms with E-state index in [0.717, 1.165) is 24.3 Å². The lowest BCUT2D eigenvalue weighted by Gasteiger charge is -2.27. The van der Waals surface area contributed by atoms with Crippen molar-refractivity contribution < 1.29 is 43.9 Å². The van der Waals surface area contributed by atoms with E-state index in [1.807, 2.05) is 0 Å². The van der Waals surface area contributed by atoms with Crippen LogP contribution in [0.15, 0.2) is 47.8 Å². The van der Waals surface area contributed by atoms with Gasteiger partial charge in [0.05, 0.1) is 17.1 Å². The topological polar surface area (TPSA) is 105 Å². The minimum atomic E-state index is -4.85. The van der Waals surface area contributed by atoms with Crippen molar-refractivity contribution in [2.24, 2.45) is 0 Å². The molecule has 1 N–H and O–H groups in total. The van der Waals surface area contributed by atoms with E-state index < -0.39 is 92.8 Å². The summed E-state index contributed by atoms with van der Waals surface area (Å²) in [5.41, 5.74) is -1.66. The molecule has 0 radical (unpaired) electrons. The van der Waals surface area contributed by atoms with Crippen LogP contribution in [0.1, 0.15) is 24.7 Å². The highest BCUT2D eigenvalue weighted by atomic mass is 32.2. The van der Waals surface area contributed by atoms with Crippen molar-refractivity contribution in [2.45, 2.75) is 49.2 Å². The Labute approximate surface area is 217 Å². The zero-order chi connectivity index (χ0) is 28.7. The predicted octanol–water partition coefficient (Wildman–Crippen LogP) is 3.78. The van der Waals surface area contributed by atoms with E-state index >= 15 is 4.39 Å². The molecule has 1 amide bonds. The molecule has 208 valence electrons. The van der Waals surface area contributed by atoms with Crippen LogP contribution in [0.4, 0.5) is 30.7 Å². The van der Waals surface area contributed by atoms with E-state index in [0.29, 0.717) is 22.9 Å². The molecule has 0 saturated carbocycles. The number of aromatic nitrogens is 3. The fourth-order valence-corrected chi connectivity index (χ4v) is 5.86. The zero-order valence-electron chi connectivity index (χ0n) is 19.8. The van der Waals surface area contributed by atoms with E-state index in [-0.39, 0.29) is 5.56 Å². The number of nitrogens with zero attached hydrogens (tertiary/aromatic N) is 4. The number of sulfonamides is 1. The molecule has 3 heterocycles. The van der Waals surface area contributed by atoms with Gasteiger partial charge in [0, 0.05) is 36.5 Å². The lowest BCUT2D eigenvalue weighted by molar-refractivity contribution is -0.145. The maximum absolute atomic E-state index is 15.1. The molecule has 1 aromatic carbocycles. The zero-order valence-corrected chi connectivity index (χ0v) is 20.6. The van der Waals surface area contributed by atoms with Crippen LogP contribution in [0.5, 0.6) is 0 Å². The number of halogens is 7. The molecule has 1 saturated heterocycles. The highest BCUT2D eigenvalue weighted by Gasteiger charge is 2.49. The van der Waals surface area contributed by atoms with Gasteiger partial charge >= 0.3 is 6.18 Å². The molecule has 1 fully saturated rings. The molecule has 0 unspecified atom stereocenters. The molecule has 8 nitrogen and oxygen atoms in total. The summed E-state index contributed by atoms with van der Waals surface area (Å²) in [6, 6.07) is 0.781. The summed E-state index contributed by atoms with van der Waals surface area (Å²) in [5, 5.41) is 2.17. The third kappa shape index (κ3) is 5.56. The molecule has 0 aliphatic carbocycles. The van der Waals surface area contributed by atoms with Gasteiger partial charge in [0.25, 0.3) is 0 Å². The van der Waals surface area contributed by atoms with Gasteiger partial charge < -0.3 is 5.32 Å². The van der Waals surface area contributed by atoms with E-state index in [4.69, 9.17) is 0 Å². The average Bonchev–Trinajstić information content (AvgIpc) is 3.18. The summed E-state index contributed by atoms with van der Waals surface area (Å²) in [7, 11) is -4.47. The maximum Gasteiger partial charge on any atom is 0.451 e. The highest BCUT2D eigenvalue weighted by Crippen LogP contribution is 2.34. The summed E-state index contributed by atoms with van der Waals surface area (Å²) in [5.74, 6) is -5.83. The van der Waals surface area contributed by atoms with Gasteiger partial charge in [-0.3, -0.25) is 4.79 Å². The minimum Gasteiger partial charge on any atom is -0.350 e. The summed E-state index contributed by atoms with van der Waals surface area (Å²) >= 11 is 0. The molecule has 1 aliphatic heterocycles. The molecule has 2 aromatic heterocycles. The molecule has 3 atom stereocenters. The van der Waals surface area contributed by atoms with Gasteiger partial charge in [-0.15, -0.1) is 0 Å². The van der Waals surface area contributed by atoms with E-state index in [9.17, 15) is 39.6 Å². The number of alkyl halides is 4. The smallest absolute Gasteiger partial charge is 0.350 e. The van der Waals surface area contributed by atoms with Crippen molar-refractivity contribution in [3.8, 4) is 11.3 Å². The molecular weight excluding hydrogens is 559 g/mol. The molecule has 0 bridgehead atoms. The number of amides is 1. The molecule has 4 rings (SSSR count). The van der Waals surface area contributed by atoms with Crippen molar-refractivity contribution in [3.05, 3.63) is 71.7 Å². The number of benzene rings is 1. The van der Waals surface area contributed by atoms with Gasteiger partial charge in [-0.2, -0.15) is 17.5 Å². The van der Waals surface area contributed by atoms with Crippen molar-refractivity contribution in [1.82, 2.24) is 24.6 Å². The lowest BCUT2D eigenvalue weighted by Crippen LogP contribution is -2.48. The van der Waals surface area contributed by atoms with E-state index in [1.165, 1.54) is 6.92 Å². The number of hydrogen-bond donors (Lipinski definition) is 1. The fourth-order valence-electron chi connectivity index (χ4n) is 4.05. The Morgan fingerprint density at radius 1 is 1.05 bits per heavy atom. The van der Waals surface area contributed by atoms with Crippen LogP contribution in [0.25, 0.3) is 11.3 Å². The summed E-state index contributed by atoms with van der Waals surface area (Å²) in [6.07, 6.45) is -5.31.